The van der Waals surface area contributed by atoms with Crippen molar-refractivity contribution in [3.05, 3.63) is 0 Å². The number of amides is 1. The van der Waals surface area contributed by atoms with Gasteiger partial charge in [0.2, 0.25) is 0 Å². The van der Waals surface area contributed by atoms with E-state index in [0.29, 0.717) is 0 Å². The number of likely N-dealkylation sites (N-methyl/N-ethyl adjacent to an activating group) is 1. The first-order valence-corrected chi connectivity index (χ1v) is 5.21. The lowest BCUT2D eigenvalue weighted by atomic mass is 10.5. The standard InChI is InChI=1S/C5H10NO7P/c1-6(5(9)10,2-4(7)8)3-14(11,12)13/h2-3H2,1H3,(H3-,7,8,9,10,11,12,13)/p+1. The maximum atomic E-state index is 10.6. The Morgan fingerprint density at radius 3 is 1.93 bits per heavy atom. The molecule has 0 spiro atoms. The second-order valence-electron chi connectivity index (χ2n) is 3.04. The predicted molar refractivity (Wildman–Crippen MR) is 43.6 cm³/mol. The van der Waals surface area contributed by atoms with Gasteiger partial charge < -0.3 is 20.0 Å². The number of carbonyl (C=O) groups is 2. The van der Waals surface area contributed by atoms with E-state index in [1.54, 1.807) is 0 Å². The molecule has 0 aliphatic rings. The minimum absolute atomic E-state index is 0.888. The predicted octanol–water partition coefficient (Wildman–Crippen LogP) is -0.669. The van der Waals surface area contributed by atoms with E-state index in [-0.39, 0.29) is 0 Å². The molecular formula is C5H11NO7P+. The van der Waals surface area contributed by atoms with Gasteiger partial charge in [0.1, 0.15) is 0 Å². The molecule has 0 radical (unpaired) electrons. The molecule has 8 nitrogen and oxygen atoms in total. The first kappa shape index (κ1) is 13.1. The summed E-state index contributed by atoms with van der Waals surface area (Å²) in [7, 11) is -3.64. The summed E-state index contributed by atoms with van der Waals surface area (Å²) in [6.45, 7) is -0.888. The van der Waals surface area contributed by atoms with Crippen LogP contribution in [0.1, 0.15) is 0 Å². The van der Waals surface area contributed by atoms with E-state index >= 15 is 0 Å². The van der Waals surface area contributed by atoms with Crippen molar-refractivity contribution in [1.29, 1.82) is 0 Å². The molecule has 1 atom stereocenters. The van der Waals surface area contributed by atoms with Crippen molar-refractivity contribution in [2.24, 2.45) is 0 Å². The van der Waals surface area contributed by atoms with Gasteiger partial charge in [-0.25, -0.2) is 9.28 Å². The number of rotatable bonds is 4. The topological polar surface area (TPSA) is 132 Å². The Morgan fingerprint density at radius 2 is 1.71 bits per heavy atom. The van der Waals surface area contributed by atoms with E-state index < -0.39 is 37.0 Å². The first-order chi connectivity index (χ1) is 6.07. The van der Waals surface area contributed by atoms with E-state index in [1.165, 1.54) is 0 Å². The molecule has 0 saturated carbocycles. The Kier molecular flexibility index (Phi) is 3.78. The summed E-state index contributed by atoms with van der Waals surface area (Å²) in [6, 6.07) is 0. The molecule has 0 heterocycles. The van der Waals surface area contributed by atoms with Crippen LogP contribution in [0.3, 0.4) is 0 Å². The quantitative estimate of drug-likeness (QED) is 0.370. The molecular weight excluding hydrogens is 217 g/mol. The zero-order valence-electron chi connectivity index (χ0n) is 7.32. The Labute approximate surface area is 79.1 Å². The fraction of sp³-hybridized carbons (Fsp3) is 0.600. The summed E-state index contributed by atoms with van der Waals surface area (Å²) in [5.41, 5.74) is 0. The summed E-state index contributed by atoms with van der Waals surface area (Å²) < 4.78 is 9.30. The number of nitrogens with zero attached hydrogens (tertiary/aromatic N) is 1. The van der Waals surface area contributed by atoms with Crippen LogP contribution >= 0.6 is 7.60 Å². The summed E-state index contributed by atoms with van der Waals surface area (Å²) in [4.78, 5) is 38.0. The molecule has 0 aliphatic carbocycles. The van der Waals surface area contributed by atoms with Crippen molar-refractivity contribution < 1.29 is 38.6 Å². The van der Waals surface area contributed by atoms with E-state index in [9.17, 15) is 14.2 Å². The Hall–Kier alpha value is -0.950. The smallest absolute Gasteiger partial charge is 0.477 e. The minimum atomic E-state index is -4.57. The Bertz CT molecular complexity index is 296. The van der Waals surface area contributed by atoms with Gasteiger partial charge in [-0.2, -0.15) is 4.79 Å². The minimum Gasteiger partial charge on any atom is -0.477 e. The monoisotopic (exact) mass is 228 g/mol. The highest BCUT2D eigenvalue weighted by Crippen LogP contribution is 2.37. The summed E-state index contributed by atoms with van der Waals surface area (Å²) in [5.74, 6) is -1.44. The van der Waals surface area contributed by atoms with Crippen LogP contribution in [0.25, 0.3) is 0 Å². The van der Waals surface area contributed by atoms with E-state index in [1.807, 2.05) is 0 Å². The number of quaternary nitrogens is 1. The van der Waals surface area contributed by atoms with Gasteiger partial charge in [-0.1, -0.05) is 0 Å². The fourth-order valence-corrected chi connectivity index (χ4v) is 1.92. The van der Waals surface area contributed by atoms with Crippen LogP contribution in [0.15, 0.2) is 0 Å². The van der Waals surface area contributed by atoms with Crippen molar-refractivity contribution in [3.63, 3.8) is 0 Å². The molecule has 1 unspecified atom stereocenters. The zero-order chi connectivity index (χ0) is 11.6. The molecule has 0 aromatic carbocycles. The molecule has 0 rings (SSSR count). The molecule has 4 N–H and O–H groups in total. The summed E-state index contributed by atoms with van der Waals surface area (Å²) >= 11 is 0. The maximum Gasteiger partial charge on any atom is 0.514 e. The third-order valence-corrected chi connectivity index (χ3v) is 2.44. The van der Waals surface area contributed by atoms with Gasteiger partial charge >= 0.3 is 19.7 Å². The maximum absolute atomic E-state index is 10.6. The second kappa shape index (κ2) is 4.05. The molecule has 82 valence electrons. The van der Waals surface area contributed by atoms with Crippen LogP contribution in [-0.4, -0.2) is 56.4 Å². The lowest BCUT2D eigenvalue weighted by Crippen LogP contribution is -2.52. The average molecular weight is 228 g/mol. The molecule has 9 heteroatoms. The van der Waals surface area contributed by atoms with Crippen LogP contribution in [0.2, 0.25) is 0 Å². The van der Waals surface area contributed by atoms with E-state index in [2.05, 4.69) is 0 Å². The lowest BCUT2D eigenvalue weighted by Gasteiger charge is -2.25. The summed E-state index contributed by atoms with van der Waals surface area (Å²) in [5, 5.41) is 17.0. The molecule has 0 bridgehead atoms. The Balaban J connectivity index is 4.83. The van der Waals surface area contributed by atoms with Crippen LogP contribution in [0, 0.1) is 0 Å². The molecule has 14 heavy (non-hydrogen) atoms. The fourth-order valence-electron chi connectivity index (χ4n) is 0.883. The second-order valence-corrected chi connectivity index (χ2v) is 4.65. The highest BCUT2D eigenvalue weighted by molar-refractivity contribution is 7.51. The SMILES string of the molecule is C[N+](CC(=O)O)(CP(=O)(O)O)C(=O)O. The van der Waals surface area contributed by atoms with Crippen molar-refractivity contribution in [2.75, 3.05) is 19.9 Å². The van der Waals surface area contributed by atoms with E-state index in [0.717, 1.165) is 7.05 Å². The molecule has 0 fully saturated rings. The van der Waals surface area contributed by atoms with Crippen LogP contribution < -0.4 is 0 Å². The van der Waals surface area contributed by atoms with Gasteiger partial charge in [-0.15, -0.1) is 0 Å². The number of hydrogen-bond donors (Lipinski definition) is 4. The van der Waals surface area contributed by atoms with Crippen molar-refractivity contribution in [2.45, 2.75) is 0 Å². The molecule has 0 aromatic rings. The van der Waals surface area contributed by atoms with Gasteiger partial charge in [0, 0.05) is 0 Å². The molecule has 0 aliphatic heterocycles. The van der Waals surface area contributed by atoms with Crippen molar-refractivity contribution in [3.8, 4) is 0 Å². The highest BCUT2D eigenvalue weighted by Gasteiger charge is 2.40. The van der Waals surface area contributed by atoms with Gasteiger partial charge in [-0.05, 0) is 0 Å². The first-order valence-electron chi connectivity index (χ1n) is 3.41. The van der Waals surface area contributed by atoms with Crippen LogP contribution in [-0.2, 0) is 9.36 Å². The van der Waals surface area contributed by atoms with Gasteiger partial charge in [0.05, 0.1) is 7.05 Å². The van der Waals surface area contributed by atoms with Crippen molar-refractivity contribution in [1.82, 2.24) is 0 Å². The number of hydrogen-bond acceptors (Lipinski definition) is 3. The van der Waals surface area contributed by atoms with Gasteiger partial charge in [0.15, 0.2) is 12.8 Å². The van der Waals surface area contributed by atoms with Crippen molar-refractivity contribution >= 4 is 19.7 Å². The highest BCUT2D eigenvalue weighted by atomic mass is 31.2. The zero-order valence-corrected chi connectivity index (χ0v) is 8.22. The largest absolute Gasteiger partial charge is 0.514 e. The van der Waals surface area contributed by atoms with Gasteiger partial charge in [-0.3, -0.25) is 4.57 Å². The normalized spacial score (nSPS) is 15.9. The third-order valence-electron chi connectivity index (χ3n) is 1.44. The van der Waals surface area contributed by atoms with Gasteiger partial charge in [0.25, 0.3) is 0 Å². The molecule has 1 amide bonds. The third kappa shape index (κ3) is 4.33. The number of aliphatic carboxylic acids is 1. The van der Waals surface area contributed by atoms with Crippen LogP contribution in [0.5, 0.6) is 0 Å². The number of carboxylic acid groups (broad SMARTS) is 2. The summed E-state index contributed by atoms with van der Waals surface area (Å²) in [6.07, 6.45) is -2.65. The number of carboxylic acids is 1. The molecule has 0 saturated heterocycles. The Morgan fingerprint density at radius 1 is 1.29 bits per heavy atom. The average Bonchev–Trinajstić information content (AvgIpc) is 1.79. The van der Waals surface area contributed by atoms with Crippen LogP contribution in [0.4, 0.5) is 4.79 Å². The lowest BCUT2D eigenvalue weighted by molar-refractivity contribution is -0.818. The molecule has 0 aromatic heterocycles. The van der Waals surface area contributed by atoms with E-state index in [4.69, 9.17) is 20.0 Å².